The molecule has 0 saturated carbocycles. The van der Waals surface area contributed by atoms with E-state index in [1.54, 1.807) is 30.3 Å². The Labute approximate surface area is 128 Å². The number of hydrogen-bond acceptors (Lipinski definition) is 3. The number of rotatable bonds is 3. The number of halogens is 3. The van der Waals surface area contributed by atoms with Gasteiger partial charge in [-0.2, -0.15) is 13.2 Å². The van der Waals surface area contributed by atoms with Crippen molar-refractivity contribution in [3.05, 3.63) is 64.0 Å². The van der Waals surface area contributed by atoms with Crippen LogP contribution in [0.15, 0.2) is 47.6 Å². The second-order valence-corrected chi connectivity index (χ2v) is 4.43. The lowest BCUT2D eigenvalue weighted by molar-refractivity contribution is -0.137. The minimum atomic E-state index is -4.89. The van der Waals surface area contributed by atoms with Crippen molar-refractivity contribution in [2.75, 3.05) is 7.11 Å². The van der Waals surface area contributed by atoms with E-state index in [2.05, 4.69) is 14.8 Å². The smallest absolute Gasteiger partial charge is 0.417 e. The number of methoxy groups -OCH3 is 1. The van der Waals surface area contributed by atoms with E-state index in [-0.39, 0.29) is 5.56 Å². The molecule has 23 heavy (non-hydrogen) atoms. The minimum Gasteiger partial charge on any atom is -0.465 e. The summed E-state index contributed by atoms with van der Waals surface area (Å²) >= 11 is 0. The van der Waals surface area contributed by atoms with E-state index in [1.807, 2.05) is 0 Å². The molecule has 0 N–H and O–H groups in total. The predicted octanol–water partition coefficient (Wildman–Crippen LogP) is 5.10. The highest BCUT2D eigenvalue weighted by Gasteiger charge is 2.39. The molecule has 0 aliphatic rings. The molecule has 8 heteroatoms. The Bertz CT molecular complexity index is 783. The SMILES string of the molecule is COC(=O)c1ccc(-c2ccccc2)c(N=[N+]=[N-])c1C(F)(F)F. The van der Waals surface area contributed by atoms with Crippen LogP contribution in [0.2, 0.25) is 0 Å². The van der Waals surface area contributed by atoms with E-state index >= 15 is 0 Å². The Kier molecular flexibility index (Phi) is 4.57. The summed E-state index contributed by atoms with van der Waals surface area (Å²) in [6.45, 7) is 0. The van der Waals surface area contributed by atoms with Crippen molar-refractivity contribution in [2.45, 2.75) is 6.18 Å². The van der Waals surface area contributed by atoms with E-state index in [0.29, 0.717) is 5.56 Å². The van der Waals surface area contributed by atoms with E-state index in [1.165, 1.54) is 6.07 Å². The van der Waals surface area contributed by atoms with Gasteiger partial charge in [0.05, 0.1) is 23.9 Å². The fourth-order valence-corrected chi connectivity index (χ4v) is 2.16. The van der Waals surface area contributed by atoms with Gasteiger partial charge in [0.25, 0.3) is 0 Å². The first-order chi connectivity index (χ1) is 10.9. The molecular weight excluding hydrogens is 311 g/mol. The third-order valence-electron chi connectivity index (χ3n) is 3.10. The summed E-state index contributed by atoms with van der Waals surface area (Å²) < 4.78 is 44.7. The maximum atomic E-state index is 13.4. The molecule has 0 aliphatic carbocycles. The summed E-state index contributed by atoms with van der Waals surface area (Å²) in [7, 11) is 0.973. The summed E-state index contributed by atoms with van der Waals surface area (Å²) in [6, 6.07) is 10.4. The van der Waals surface area contributed by atoms with Crippen molar-refractivity contribution in [3.8, 4) is 11.1 Å². The normalized spacial score (nSPS) is 10.8. The summed E-state index contributed by atoms with van der Waals surface area (Å²) in [5.74, 6) is -1.16. The van der Waals surface area contributed by atoms with Crippen LogP contribution in [0.3, 0.4) is 0 Å². The highest BCUT2D eigenvalue weighted by atomic mass is 19.4. The highest BCUT2D eigenvalue weighted by Crippen LogP contribution is 2.44. The van der Waals surface area contributed by atoms with Gasteiger partial charge in [-0.05, 0) is 22.7 Å². The standard InChI is InChI=1S/C15H10F3N3O2/c1-23-14(22)11-8-7-10(9-5-3-2-4-6-9)13(20-21-19)12(11)15(16,17)18/h2-8H,1H3. The number of alkyl halides is 3. The molecule has 5 nitrogen and oxygen atoms in total. The van der Waals surface area contributed by atoms with Crippen LogP contribution in [0.25, 0.3) is 21.6 Å². The van der Waals surface area contributed by atoms with Crippen molar-refractivity contribution < 1.29 is 22.7 Å². The number of nitrogens with zero attached hydrogens (tertiary/aromatic N) is 3. The molecule has 0 atom stereocenters. The van der Waals surface area contributed by atoms with E-state index in [9.17, 15) is 18.0 Å². The minimum absolute atomic E-state index is 0.0726. The fourth-order valence-electron chi connectivity index (χ4n) is 2.16. The summed E-state index contributed by atoms with van der Waals surface area (Å²) in [6.07, 6.45) is -4.89. The highest BCUT2D eigenvalue weighted by molar-refractivity contribution is 5.95. The molecular formula is C15H10F3N3O2. The molecule has 118 valence electrons. The van der Waals surface area contributed by atoms with Gasteiger partial charge in [0.15, 0.2) is 0 Å². The van der Waals surface area contributed by atoms with Gasteiger partial charge in [-0.25, -0.2) is 4.79 Å². The molecule has 0 radical (unpaired) electrons. The van der Waals surface area contributed by atoms with Gasteiger partial charge in [-0.3, -0.25) is 0 Å². The van der Waals surface area contributed by atoms with E-state index in [4.69, 9.17) is 5.53 Å². The molecule has 0 saturated heterocycles. The zero-order valence-corrected chi connectivity index (χ0v) is 11.8. The molecule has 0 bridgehead atoms. The monoisotopic (exact) mass is 321 g/mol. The van der Waals surface area contributed by atoms with Crippen LogP contribution < -0.4 is 0 Å². The maximum absolute atomic E-state index is 13.4. The Morgan fingerprint density at radius 3 is 2.35 bits per heavy atom. The van der Waals surface area contributed by atoms with Crippen molar-refractivity contribution >= 4 is 11.7 Å². The first-order valence-corrected chi connectivity index (χ1v) is 6.33. The number of carbonyl (C=O) groups is 1. The quantitative estimate of drug-likeness (QED) is 0.341. The summed E-state index contributed by atoms with van der Waals surface area (Å²) in [4.78, 5) is 14.1. The second-order valence-electron chi connectivity index (χ2n) is 4.43. The topological polar surface area (TPSA) is 75.1 Å². The van der Waals surface area contributed by atoms with Gasteiger partial charge in [-0.1, -0.05) is 41.5 Å². The van der Waals surface area contributed by atoms with Crippen molar-refractivity contribution in [2.24, 2.45) is 5.11 Å². The molecule has 0 spiro atoms. The molecule has 2 aromatic carbocycles. The van der Waals surface area contributed by atoms with Crippen LogP contribution in [-0.2, 0) is 10.9 Å². The van der Waals surface area contributed by atoms with Crippen LogP contribution in [0.4, 0.5) is 18.9 Å². The van der Waals surface area contributed by atoms with Crippen LogP contribution in [0.1, 0.15) is 15.9 Å². The van der Waals surface area contributed by atoms with Crippen LogP contribution >= 0.6 is 0 Å². The largest absolute Gasteiger partial charge is 0.465 e. The van der Waals surface area contributed by atoms with Gasteiger partial charge in [-0.15, -0.1) is 0 Å². The van der Waals surface area contributed by atoms with Crippen LogP contribution in [-0.4, -0.2) is 13.1 Å². The molecule has 0 unspecified atom stereocenters. The van der Waals surface area contributed by atoms with Gasteiger partial charge in [0, 0.05) is 4.91 Å². The number of hydrogen-bond donors (Lipinski definition) is 0. The number of azide groups is 1. The average Bonchev–Trinajstić information content (AvgIpc) is 2.53. The third kappa shape index (κ3) is 3.27. The fraction of sp³-hybridized carbons (Fsp3) is 0.133. The Hall–Kier alpha value is -2.99. The first-order valence-electron chi connectivity index (χ1n) is 6.33. The van der Waals surface area contributed by atoms with Gasteiger partial charge < -0.3 is 4.74 Å². The van der Waals surface area contributed by atoms with E-state index < -0.39 is 29.0 Å². The lowest BCUT2D eigenvalue weighted by Gasteiger charge is -2.17. The zero-order chi connectivity index (χ0) is 17.0. The molecule has 0 aromatic heterocycles. The van der Waals surface area contributed by atoms with Crippen molar-refractivity contribution in [1.29, 1.82) is 0 Å². The molecule has 2 aromatic rings. The number of esters is 1. The van der Waals surface area contributed by atoms with Gasteiger partial charge in [0.1, 0.15) is 0 Å². The Morgan fingerprint density at radius 1 is 1.17 bits per heavy atom. The van der Waals surface area contributed by atoms with Gasteiger partial charge >= 0.3 is 12.1 Å². The lowest BCUT2D eigenvalue weighted by atomic mass is 9.96. The number of carbonyl (C=O) groups excluding carboxylic acids is 1. The molecule has 0 aliphatic heterocycles. The number of benzene rings is 2. The second kappa shape index (κ2) is 6.41. The third-order valence-corrected chi connectivity index (χ3v) is 3.10. The molecule has 0 heterocycles. The Morgan fingerprint density at radius 2 is 1.83 bits per heavy atom. The van der Waals surface area contributed by atoms with Crippen molar-refractivity contribution in [3.63, 3.8) is 0 Å². The molecule has 0 fully saturated rings. The van der Waals surface area contributed by atoms with Crippen LogP contribution in [0.5, 0.6) is 0 Å². The predicted molar refractivity (Wildman–Crippen MR) is 77.0 cm³/mol. The lowest BCUT2D eigenvalue weighted by Crippen LogP contribution is -2.15. The number of ether oxygens (including phenoxy) is 1. The zero-order valence-electron chi connectivity index (χ0n) is 11.8. The molecule has 0 amide bonds. The summed E-state index contributed by atoms with van der Waals surface area (Å²) in [5.41, 5.74) is 6.46. The molecule has 2 rings (SSSR count). The van der Waals surface area contributed by atoms with E-state index in [0.717, 1.165) is 13.2 Å². The Balaban J connectivity index is 2.87. The maximum Gasteiger partial charge on any atom is 0.417 e. The average molecular weight is 321 g/mol. The first kappa shape index (κ1) is 16.4. The van der Waals surface area contributed by atoms with Crippen LogP contribution in [0, 0.1) is 0 Å². The van der Waals surface area contributed by atoms with Gasteiger partial charge in [0.2, 0.25) is 0 Å². The van der Waals surface area contributed by atoms with Crippen molar-refractivity contribution in [1.82, 2.24) is 0 Å². The summed E-state index contributed by atoms with van der Waals surface area (Å²) in [5, 5.41) is 3.18.